The minimum absolute atomic E-state index is 0.497. The highest BCUT2D eigenvalue weighted by atomic mass is 79.9. The van der Waals surface area contributed by atoms with Crippen LogP contribution in [-0.2, 0) is 0 Å². The average Bonchev–Trinajstić information content (AvgIpc) is 2.01. The van der Waals surface area contributed by atoms with Gasteiger partial charge in [0.2, 0.25) is 0 Å². The number of anilines is 1. The molecule has 0 saturated carbocycles. The topological polar surface area (TPSA) is 12.0 Å². The zero-order valence-electron chi connectivity index (χ0n) is 7.08. The van der Waals surface area contributed by atoms with Crippen molar-refractivity contribution < 1.29 is 0 Å². The molecule has 0 amide bonds. The molecule has 0 heterocycles. The third-order valence-electron chi connectivity index (χ3n) is 1.46. The van der Waals surface area contributed by atoms with Gasteiger partial charge in [-0.05, 0) is 12.1 Å². The highest BCUT2D eigenvalue weighted by Gasteiger charge is 2.06. The maximum Gasteiger partial charge on any atom is 0.0722 e. The maximum atomic E-state index is 5.94. The summed E-state index contributed by atoms with van der Waals surface area (Å²) in [5.74, 6) is 0. The number of halogens is 4. The van der Waals surface area contributed by atoms with Crippen LogP contribution < -0.4 is 5.32 Å². The smallest absolute Gasteiger partial charge is 0.0722 e. The summed E-state index contributed by atoms with van der Waals surface area (Å²) in [5.41, 5.74) is 0.665. The predicted octanol–water partition coefficient (Wildman–Crippen LogP) is 4.97. The fourth-order valence-corrected chi connectivity index (χ4v) is 1.99. The number of hydrogen-bond donors (Lipinski definition) is 1. The van der Waals surface area contributed by atoms with Crippen molar-refractivity contribution in [2.24, 2.45) is 0 Å². The quantitative estimate of drug-likeness (QED) is 0.830. The van der Waals surface area contributed by atoms with Gasteiger partial charge in [0.25, 0.3) is 0 Å². The number of benzene rings is 1. The Morgan fingerprint density at radius 2 is 1.79 bits per heavy atom. The van der Waals surface area contributed by atoms with Gasteiger partial charge in [-0.2, -0.15) is 0 Å². The Hall–Kier alpha value is 0.110. The standard InChI is InChI=1S/C9H7BrCl3N/c1-5(10)4-14-9-7(12)2-6(11)3-8(9)13/h2-3,14H,1,4H2. The van der Waals surface area contributed by atoms with Crippen molar-refractivity contribution in [1.82, 2.24) is 0 Å². The van der Waals surface area contributed by atoms with Gasteiger partial charge < -0.3 is 5.32 Å². The van der Waals surface area contributed by atoms with Crippen LogP contribution >= 0.6 is 50.7 Å². The second-order valence-corrected chi connectivity index (χ2v) is 4.99. The molecule has 1 aromatic rings. The van der Waals surface area contributed by atoms with Crippen molar-refractivity contribution in [1.29, 1.82) is 0 Å². The Balaban J connectivity index is 2.91. The van der Waals surface area contributed by atoms with E-state index in [1.165, 1.54) is 0 Å². The highest BCUT2D eigenvalue weighted by molar-refractivity contribution is 9.11. The molecule has 76 valence electrons. The molecule has 0 spiro atoms. The van der Waals surface area contributed by atoms with E-state index in [9.17, 15) is 0 Å². The Morgan fingerprint density at radius 1 is 1.29 bits per heavy atom. The molecule has 0 atom stereocenters. The van der Waals surface area contributed by atoms with Crippen LogP contribution in [0.3, 0.4) is 0 Å². The first kappa shape index (κ1) is 12.2. The zero-order valence-corrected chi connectivity index (χ0v) is 10.9. The van der Waals surface area contributed by atoms with Crippen LogP contribution in [0.15, 0.2) is 23.2 Å². The van der Waals surface area contributed by atoms with Gasteiger partial charge in [0.15, 0.2) is 0 Å². The largest absolute Gasteiger partial charge is 0.378 e. The first-order valence-corrected chi connectivity index (χ1v) is 5.65. The van der Waals surface area contributed by atoms with Crippen LogP contribution in [0, 0.1) is 0 Å². The van der Waals surface area contributed by atoms with E-state index in [2.05, 4.69) is 27.8 Å². The molecular weight excluding hydrogens is 308 g/mol. The summed E-state index contributed by atoms with van der Waals surface area (Å²) in [6.07, 6.45) is 0. The van der Waals surface area contributed by atoms with Crippen molar-refractivity contribution in [3.05, 3.63) is 38.3 Å². The normalized spacial score (nSPS) is 10.0. The number of nitrogens with one attached hydrogen (secondary N) is 1. The average molecular weight is 315 g/mol. The monoisotopic (exact) mass is 313 g/mol. The van der Waals surface area contributed by atoms with Gasteiger partial charge in [-0.3, -0.25) is 0 Å². The van der Waals surface area contributed by atoms with Crippen molar-refractivity contribution in [2.45, 2.75) is 0 Å². The molecule has 5 heteroatoms. The van der Waals surface area contributed by atoms with E-state index in [4.69, 9.17) is 34.8 Å². The molecule has 1 rings (SSSR count). The lowest BCUT2D eigenvalue weighted by Gasteiger charge is -2.09. The molecular formula is C9H7BrCl3N. The molecule has 0 aliphatic carbocycles. The SMILES string of the molecule is C=C(Br)CNc1c(Cl)cc(Cl)cc1Cl. The molecule has 1 N–H and O–H groups in total. The molecule has 1 nitrogen and oxygen atoms in total. The van der Waals surface area contributed by atoms with E-state index < -0.39 is 0 Å². The molecule has 0 aliphatic heterocycles. The summed E-state index contributed by atoms with van der Waals surface area (Å²) in [7, 11) is 0. The van der Waals surface area contributed by atoms with E-state index in [1.54, 1.807) is 12.1 Å². The van der Waals surface area contributed by atoms with Crippen LogP contribution in [0.5, 0.6) is 0 Å². The van der Waals surface area contributed by atoms with Gasteiger partial charge >= 0.3 is 0 Å². The fraction of sp³-hybridized carbons (Fsp3) is 0.111. The summed E-state index contributed by atoms with van der Waals surface area (Å²) in [5, 5.41) is 4.55. The minimum Gasteiger partial charge on any atom is -0.378 e. The molecule has 0 fully saturated rings. The van der Waals surface area contributed by atoms with Gasteiger partial charge in [0.1, 0.15) is 0 Å². The van der Waals surface area contributed by atoms with Gasteiger partial charge in [0, 0.05) is 16.0 Å². The molecule has 0 aliphatic rings. The van der Waals surface area contributed by atoms with Crippen LogP contribution in [0.25, 0.3) is 0 Å². The van der Waals surface area contributed by atoms with E-state index in [0.717, 1.165) is 4.48 Å². The van der Waals surface area contributed by atoms with Gasteiger partial charge in [0.05, 0.1) is 15.7 Å². The van der Waals surface area contributed by atoms with Crippen LogP contribution in [0.4, 0.5) is 5.69 Å². The maximum absolute atomic E-state index is 5.94. The van der Waals surface area contributed by atoms with E-state index in [0.29, 0.717) is 27.3 Å². The van der Waals surface area contributed by atoms with Crippen molar-refractivity contribution in [2.75, 3.05) is 11.9 Å². The summed E-state index contributed by atoms with van der Waals surface area (Å²) >= 11 is 20.9. The molecule has 0 radical (unpaired) electrons. The zero-order chi connectivity index (χ0) is 10.7. The lowest BCUT2D eigenvalue weighted by atomic mass is 10.3. The van der Waals surface area contributed by atoms with E-state index in [1.807, 2.05) is 0 Å². The molecule has 0 saturated heterocycles. The van der Waals surface area contributed by atoms with Gasteiger partial charge in [-0.15, -0.1) is 0 Å². The lowest BCUT2D eigenvalue weighted by Crippen LogP contribution is -2.01. The first-order chi connectivity index (χ1) is 6.50. The molecule has 1 aromatic carbocycles. The van der Waals surface area contributed by atoms with Crippen molar-refractivity contribution in [3.8, 4) is 0 Å². The second kappa shape index (κ2) is 5.26. The summed E-state index contributed by atoms with van der Waals surface area (Å²) in [4.78, 5) is 0. The Labute approximate surface area is 106 Å². The highest BCUT2D eigenvalue weighted by Crippen LogP contribution is 2.33. The third kappa shape index (κ3) is 3.35. The lowest BCUT2D eigenvalue weighted by molar-refractivity contribution is 1.33. The Morgan fingerprint density at radius 3 is 2.21 bits per heavy atom. The van der Waals surface area contributed by atoms with Crippen LogP contribution in [-0.4, -0.2) is 6.54 Å². The number of hydrogen-bond acceptors (Lipinski definition) is 1. The molecule has 14 heavy (non-hydrogen) atoms. The van der Waals surface area contributed by atoms with Gasteiger partial charge in [-0.25, -0.2) is 0 Å². The summed E-state index contributed by atoms with van der Waals surface area (Å²) in [6, 6.07) is 3.27. The van der Waals surface area contributed by atoms with Crippen LogP contribution in [0.1, 0.15) is 0 Å². The van der Waals surface area contributed by atoms with Gasteiger partial charge in [-0.1, -0.05) is 57.3 Å². The predicted molar refractivity (Wildman–Crippen MR) is 68.0 cm³/mol. The first-order valence-electron chi connectivity index (χ1n) is 3.72. The second-order valence-electron chi connectivity index (χ2n) is 2.62. The van der Waals surface area contributed by atoms with Crippen molar-refractivity contribution in [3.63, 3.8) is 0 Å². The van der Waals surface area contributed by atoms with E-state index >= 15 is 0 Å². The summed E-state index contributed by atoms with van der Waals surface area (Å²) < 4.78 is 0.819. The molecule has 0 bridgehead atoms. The van der Waals surface area contributed by atoms with Crippen molar-refractivity contribution >= 4 is 56.4 Å². The minimum atomic E-state index is 0.497. The molecule has 0 unspecified atom stereocenters. The Bertz CT molecular complexity index is 342. The third-order valence-corrected chi connectivity index (χ3v) is 2.56. The summed E-state index contributed by atoms with van der Waals surface area (Å²) in [6.45, 7) is 4.25. The number of rotatable bonds is 3. The molecule has 0 aromatic heterocycles. The Kier molecular flexibility index (Phi) is 4.58. The van der Waals surface area contributed by atoms with E-state index in [-0.39, 0.29) is 0 Å². The van der Waals surface area contributed by atoms with Crippen LogP contribution in [0.2, 0.25) is 15.1 Å². The fourth-order valence-electron chi connectivity index (χ4n) is 0.895.